The van der Waals surface area contributed by atoms with E-state index in [0.29, 0.717) is 34.7 Å². The van der Waals surface area contributed by atoms with Gasteiger partial charge in [-0.25, -0.2) is 14.4 Å². The van der Waals surface area contributed by atoms with E-state index in [9.17, 15) is 14.3 Å². The van der Waals surface area contributed by atoms with E-state index in [1.165, 1.54) is 13.4 Å². The van der Waals surface area contributed by atoms with Gasteiger partial charge < -0.3 is 15.7 Å². The number of nitrogens with zero attached hydrogens (tertiary/aromatic N) is 4. The first kappa shape index (κ1) is 25.1. The summed E-state index contributed by atoms with van der Waals surface area (Å²) in [6.45, 7) is 5.99. The molecular formula is C27H29FN6O2. The van der Waals surface area contributed by atoms with Crippen molar-refractivity contribution >= 4 is 22.6 Å². The molecule has 0 aliphatic heterocycles. The summed E-state index contributed by atoms with van der Waals surface area (Å²) in [5.74, 6) is -0.448. The molecule has 0 saturated carbocycles. The van der Waals surface area contributed by atoms with E-state index in [2.05, 4.69) is 37.5 Å². The molecule has 1 unspecified atom stereocenters. The number of fused-ring (bicyclic) bond motifs is 1. The van der Waals surface area contributed by atoms with Gasteiger partial charge in [0, 0.05) is 42.7 Å². The van der Waals surface area contributed by atoms with Crippen molar-refractivity contribution in [2.45, 2.75) is 38.7 Å². The number of benzene rings is 1. The minimum absolute atomic E-state index is 0.00295. The van der Waals surface area contributed by atoms with Crippen LogP contribution >= 0.6 is 0 Å². The molecule has 0 aliphatic carbocycles. The Bertz CT molecular complexity index is 1390. The molecular weight excluding hydrogens is 459 g/mol. The van der Waals surface area contributed by atoms with Crippen molar-refractivity contribution in [3.05, 3.63) is 77.8 Å². The zero-order chi connectivity index (χ0) is 25.9. The van der Waals surface area contributed by atoms with Crippen molar-refractivity contribution in [3.8, 4) is 11.3 Å². The molecule has 3 heterocycles. The molecule has 0 aliphatic rings. The van der Waals surface area contributed by atoms with Crippen molar-refractivity contribution in [2.24, 2.45) is 0 Å². The van der Waals surface area contributed by atoms with Gasteiger partial charge in [-0.05, 0) is 38.0 Å². The van der Waals surface area contributed by atoms with E-state index in [1.807, 2.05) is 24.3 Å². The Hall–Kier alpha value is -3.98. The number of para-hydroxylation sites is 1. The monoisotopic (exact) mass is 488 g/mol. The summed E-state index contributed by atoms with van der Waals surface area (Å²) in [5.41, 5.74) is 2.59. The molecule has 9 heteroatoms. The molecule has 4 aromatic rings. The smallest absolute Gasteiger partial charge is 0.254 e. The molecule has 0 fully saturated rings. The molecule has 0 bridgehead atoms. The number of carbonyl (C=O) groups excluding carboxylic acids is 1. The lowest BCUT2D eigenvalue weighted by molar-refractivity contribution is 0.0738. The first-order valence-electron chi connectivity index (χ1n) is 11.8. The molecule has 4 rings (SSSR count). The molecule has 0 saturated heterocycles. The van der Waals surface area contributed by atoms with Crippen LogP contribution in [0.15, 0.2) is 55.1 Å². The normalized spacial score (nSPS) is 12.4. The Kier molecular flexibility index (Phi) is 7.21. The summed E-state index contributed by atoms with van der Waals surface area (Å²) in [5, 5.41) is 16.5. The van der Waals surface area contributed by atoms with Crippen LogP contribution in [-0.4, -0.2) is 44.5 Å². The summed E-state index contributed by atoms with van der Waals surface area (Å²) in [6, 6.07) is 11.0. The number of hydrogen-bond donors (Lipinski definition) is 3. The molecule has 3 aromatic heterocycles. The van der Waals surface area contributed by atoms with Gasteiger partial charge >= 0.3 is 0 Å². The topological polar surface area (TPSA) is 113 Å². The minimum Gasteiger partial charge on any atom is -0.384 e. The van der Waals surface area contributed by atoms with Gasteiger partial charge in [0.25, 0.3) is 5.91 Å². The minimum atomic E-state index is -1.02. The first-order valence-corrected chi connectivity index (χ1v) is 11.8. The summed E-state index contributed by atoms with van der Waals surface area (Å²) in [4.78, 5) is 29.7. The third kappa shape index (κ3) is 5.16. The standard InChI is InChI=1S/C27H29FN6O2/c1-5-16(18-7-6-8-19-24(26(35)29-4)20(28)14-32-25(18)19)12-31-23-11-21(33-15-34-23)17-9-10-22(30-13-17)27(2,3)36/h6-11,13-16,36H,5,12H2,1-4H3,(H,29,35)(H,31,33,34). The Morgan fingerprint density at radius 3 is 2.58 bits per heavy atom. The van der Waals surface area contributed by atoms with Gasteiger partial charge in [0.05, 0.1) is 28.7 Å². The van der Waals surface area contributed by atoms with Crippen molar-refractivity contribution < 1.29 is 14.3 Å². The van der Waals surface area contributed by atoms with E-state index in [-0.39, 0.29) is 11.5 Å². The molecule has 1 atom stereocenters. The number of pyridine rings is 2. The highest BCUT2D eigenvalue weighted by Crippen LogP contribution is 2.30. The van der Waals surface area contributed by atoms with Crippen LogP contribution in [0.5, 0.6) is 0 Å². The predicted octanol–water partition coefficient (Wildman–Crippen LogP) is 4.42. The van der Waals surface area contributed by atoms with Crippen LogP contribution in [-0.2, 0) is 5.60 Å². The second-order valence-corrected chi connectivity index (χ2v) is 9.07. The average molecular weight is 489 g/mol. The van der Waals surface area contributed by atoms with Gasteiger partial charge in [0.15, 0.2) is 5.82 Å². The SMILES string of the molecule is CCC(CNc1cc(-c2ccc(C(C)(C)O)nc2)ncn1)c1cccc2c(C(=O)NC)c(F)cnc12. The molecule has 0 spiro atoms. The highest BCUT2D eigenvalue weighted by Gasteiger charge is 2.21. The number of anilines is 1. The van der Waals surface area contributed by atoms with E-state index in [1.54, 1.807) is 32.2 Å². The Labute approximate surface area is 209 Å². The number of carbonyl (C=O) groups is 1. The Balaban J connectivity index is 1.58. The van der Waals surface area contributed by atoms with Gasteiger partial charge in [-0.3, -0.25) is 14.8 Å². The van der Waals surface area contributed by atoms with Gasteiger partial charge in [-0.2, -0.15) is 0 Å². The maximum atomic E-state index is 14.4. The van der Waals surface area contributed by atoms with E-state index >= 15 is 0 Å². The van der Waals surface area contributed by atoms with Crippen molar-refractivity contribution in [3.63, 3.8) is 0 Å². The van der Waals surface area contributed by atoms with Gasteiger partial charge in [-0.1, -0.05) is 25.1 Å². The third-order valence-corrected chi connectivity index (χ3v) is 6.15. The summed E-state index contributed by atoms with van der Waals surface area (Å²) < 4.78 is 14.4. The number of aromatic nitrogens is 4. The highest BCUT2D eigenvalue weighted by molar-refractivity contribution is 6.06. The molecule has 1 aromatic carbocycles. The van der Waals surface area contributed by atoms with E-state index in [0.717, 1.165) is 23.7 Å². The second-order valence-electron chi connectivity index (χ2n) is 9.07. The first-order chi connectivity index (χ1) is 17.2. The van der Waals surface area contributed by atoms with Crippen LogP contribution in [0.2, 0.25) is 0 Å². The molecule has 0 radical (unpaired) electrons. The van der Waals surface area contributed by atoms with Crippen LogP contribution in [0.25, 0.3) is 22.2 Å². The van der Waals surface area contributed by atoms with Crippen LogP contribution < -0.4 is 10.6 Å². The lowest BCUT2D eigenvalue weighted by atomic mass is 9.92. The molecule has 186 valence electrons. The fourth-order valence-corrected chi connectivity index (χ4v) is 4.13. The fourth-order valence-electron chi connectivity index (χ4n) is 4.13. The lowest BCUT2D eigenvalue weighted by Crippen LogP contribution is -2.20. The number of halogens is 1. The predicted molar refractivity (Wildman–Crippen MR) is 137 cm³/mol. The number of hydrogen-bond acceptors (Lipinski definition) is 7. The van der Waals surface area contributed by atoms with Crippen molar-refractivity contribution in [2.75, 3.05) is 18.9 Å². The van der Waals surface area contributed by atoms with Gasteiger partial charge in [0.1, 0.15) is 17.7 Å². The van der Waals surface area contributed by atoms with E-state index in [4.69, 9.17) is 0 Å². The quantitative estimate of drug-likeness (QED) is 0.337. The zero-order valence-corrected chi connectivity index (χ0v) is 20.7. The van der Waals surface area contributed by atoms with Gasteiger partial charge in [0.2, 0.25) is 0 Å². The zero-order valence-electron chi connectivity index (χ0n) is 20.7. The third-order valence-electron chi connectivity index (χ3n) is 6.15. The van der Waals surface area contributed by atoms with Crippen molar-refractivity contribution in [1.82, 2.24) is 25.3 Å². The molecule has 8 nitrogen and oxygen atoms in total. The van der Waals surface area contributed by atoms with Crippen LogP contribution in [0.4, 0.5) is 10.2 Å². The Morgan fingerprint density at radius 1 is 1.11 bits per heavy atom. The molecule has 1 amide bonds. The lowest BCUT2D eigenvalue weighted by Gasteiger charge is -2.19. The van der Waals surface area contributed by atoms with Crippen LogP contribution in [0, 0.1) is 5.82 Å². The maximum absolute atomic E-state index is 14.4. The van der Waals surface area contributed by atoms with E-state index < -0.39 is 17.3 Å². The maximum Gasteiger partial charge on any atom is 0.254 e. The van der Waals surface area contributed by atoms with Crippen LogP contribution in [0.3, 0.4) is 0 Å². The molecule has 36 heavy (non-hydrogen) atoms. The van der Waals surface area contributed by atoms with Gasteiger partial charge in [-0.15, -0.1) is 0 Å². The van der Waals surface area contributed by atoms with Crippen molar-refractivity contribution in [1.29, 1.82) is 0 Å². The summed E-state index contributed by atoms with van der Waals surface area (Å²) >= 11 is 0. The number of rotatable bonds is 8. The number of amides is 1. The number of nitrogens with one attached hydrogen (secondary N) is 2. The summed E-state index contributed by atoms with van der Waals surface area (Å²) in [6.07, 6.45) is 5.06. The Morgan fingerprint density at radius 2 is 1.92 bits per heavy atom. The second kappa shape index (κ2) is 10.3. The largest absolute Gasteiger partial charge is 0.384 e. The molecule has 3 N–H and O–H groups in total. The highest BCUT2D eigenvalue weighted by atomic mass is 19.1. The number of aliphatic hydroxyl groups is 1. The average Bonchev–Trinajstić information content (AvgIpc) is 2.88. The fraction of sp³-hybridized carbons (Fsp3) is 0.296. The van der Waals surface area contributed by atoms with Crippen LogP contribution in [0.1, 0.15) is 54.7 Å². The summed E-state index contributed by atoms with van der Waals surface area (Å²) in [7, 11) is 1.48.